The molecular weight excluding hydrogens is 185 g/mol. The number of hydrogen-bond donors (Lipinski definition) is 3. The Kier molecular flexibility index (Phi) is 5.08. The Bertz CT molecular complexity index is 190. The number of nitrogens with zero attached hydrogens (tertiary/aromatic N) is 1. The molecule has 3 N–H and O–H groups in total. The second kappa shape index (κ2) is 5.27. The molecule has 1 aliphatic rings. The normalized spacial score (nSPS) is 15.8. The average Bonchev–Trinajstić information content (AvgIpc) is 2.33. The molecule has 0 unspecified atom stereocenters. The molecule has 0 atom stereocenters. The fraction of sp³-hybridized carbons (Fsp3) is 0.800. The van der Waals surface area contributed by atoms with Gasteiger partial charge in [-0.15, -0.1) is 0 Å². The minimum Gasteiger partial charge on any atom is -0.479 e. The molecule has 0 fully saturated rings. The summed E-state index contributed by atoms with van der Waals surface area (Å²) in [5.41, 5.74) is 0. The van der Waals surface area contributed by atoms with Crippen molar-refractivity contribution in [2.24, 2.45) is 4.99 Å². The SMILES string of the molecule is CCC1=NCCO1.O=P(O)(O)O. The summed E-state index contributed by atoms with van der Waals surface area (Å²) < 4.78 is 13.9. The fourth-order valence-electron chi connectivity index (χ4n) is 0.593. The summed E-state index contributed by atoms with van der Waals surface area (Å²) in [6, 6.07) is 0. The van der Waals surface area contributed by atoms with Crippen molar-refractivity contribution in [3.8, 4) is 0 Å². The molecule has 7 heteroatoms. The molecule has 1 aliphatic heterocycles. The van der Waals surface area contributed by atoms with Crippen LogP contribution in [0.2, 0.25) is 0 Å². The molecule has 1 rings (SSSR count). The number of ether oxygens (including phenoxy) is 1. The van der Waals surface area contributed by atoms with Crippen molar-refractivity contribution in [1.82, 2.24) is 0 Å². The van der Waals surface area contributed by atoms with E-state index in [9.17, 15) is 0 Å². The van der Waals surface area contributed by atoms with Crippen LogP contribution in [0.25, 0.3) is 0 Å². The topological polar surface area (TPSA) is 99.4 Å². The van der Waals surface area contributed by atoms with Crippen LogP contribution in [0.5, 0.6) is 0 Å². The standard InChI is InChI=1S/C5H9NO.H3O4P/c1-2-5-6-3-4-7-5;1-5(2,3)4/h2-4H2,1H3;(H3,1,2,3,4). The maximum absolute atomic E-state index is 8.88. The predicted octanol–water partition coefficient (Wildman–Crippen LogP) is -0.103. The highest BCUT2D eigenvalue weighted by Crippen LogP contribution is 2.25. The third-order valence-electron chi connectivity index (χ3n) is 0.951. The Labute approximate surface area is 70.1 Å². The van der Waals surface area contributed by atoms with Crippen molar-refractivity contribution in [2.75, 3.05) is 13.2 Å². The largest absolute Gasteiger partial charge is 0.479 e. The molecule has 0 bridgehead atoms. The van der Waals surface area contributed by atoms with Gasteiger partial charge in [0.15, 0.2) is 5.90 Å². The van der Waals surface area contributed by atoms with Gasteiger partial charge in [0, 0.05) is 6.42 Å². The Balaban J connectivity index is 0.000000217. The van der Waals surface area contributed by atoms with Gasteiger partial charge >= 0.3 is 7.82 Å². The Morgan fingerprint density at radius 3 is 2.25 bits per heavy atom. The summed E-state index contributed by atoms with van der Waals surface area (Å²) in [6.45, 7) is 3.70. The van der Waals surface area contributed by atoms with Crippen LogP contribution < -0.4 is 0 Å². The van der Waals surface area contributed by atoms with Gasteiger partial charge in [0.1, 0.15) is 6.61 Å². The van der Waals surface area contributed by atoms with Crippen molar-refractivity contribution in [1.29, 1.82) is 0 Å². The molecule has 0 aliphatic carbocycles. The number of phosphoric acid groups is 1. The first-order chi connectivity index (χ1) is 5.43. The van der Waals surface area contributed by atoms with Crippen LogP contribution in [0.3, 0.4) is 0 Å². The summed E-state index contributed by atoms with van der Waals surface area (Å²) in [4.78, 5) is 25.6. The van der Waals surface area contributed by atoms with E-state index in [0.717, 1.165) is 25.5 Å². The molecule has 0 aromatic rings. The highest BCUT2D eigenvalue weighted by atomic mass is 31.2. The monoisotopic (exact) mass is 197 g/mol. The molecule has 0 spiro atoms. The zero-order valence-electron chi connectivity index (χ0n) is 6.67. The predicted molar refractivity (Wildman–Crippen MR) is 42.8 cm³/mol. The summed E-state index contributed by atoms with van der Waals surface area (Å²) in [7, 11) is -4.64. The van der Waals surface area contributed by atoms with Crippen molar-refractivity contribution < 1.29 is 24.0 Å². The van der Waals surface area contributed by atoms with Crippen molar-refractivity contribution in [3.63, 3.8) is 0 Å². The van der Waals surface area contributed by atoms with Gasteiger partial charge in [-0.25, -0.2) is 4.57 Å². The summed E-state index contributed by atoms with van der Waals surface area (Å²) in [6.07, 6.45) is 0.944. The van der Waals surface area contributed by atoms with E-state index in [-0.39, 0.29) is 0 Å². The van der Waals surface area contributed by atoms with E-state index in [2.05, 4.69) is 4.99 Å². The van der Waals surface area contributed by atoms with E-state index in [0.29, 0.717) is 0 Å². The molecule has 0 aromatic carbocycles. The molecule has 6 nitrogen and oxygen atoms in total. The highest BCUT2D eigenvalue weighted by molar-refractivity contribution is 7.45. The first-order valence-corrected chi connectivity index (χ1v) is 4.94. The van der Waals surface area contributed by atoms with Gasteiger partial charge in [-0.2, -0.15) is 0 Å². The second-order valence-corrected chi connectivity index (χ2v) is 3.02. The first kappa shape index (κ1) is 11.6. The number of rotatable bonds is 1. The second-order valence-electron chi connectivity index (χ2n) is 1.99. The summed E-state index contributed by atoms with van der Waals surface area (Å²) >= 11 is 0. The Morgan fingerprint density at radius 2 is 2.08 bits per heavy atom. The fourth-order valence-corrected chi connectivity index (χ4v) is 0.593. The Morgan fingerprint density at radius 1 is 1.58 bits per heavy atom. The maximum Gasteiger partial charge on any atom is 0.466 e. The molecule has 72 valence electrons. The molecule has 1 heterocycles. The van der Waals surface area contributed by atoms with E-state index < -0.39 is 7.82 Å². The van der Waals surface area contributed by atoms with Crippen LogP contribution in [0.15, 0.2) is 4.99 Å². The van der Waals surface area contributed by atoms with Gasteiger partial charge in [0.2, 0.25) is 0 Å². The number of aliphatic imine (C=N–C) groups is 1. The van der Waals surface area contributed by atoms with Gasteiger partial charge in [0.05, 0.1) is 6.54 Å². The molecule has 12 heavy (non-hydrogen) atoms. The lowest BCUT2D eigenvalue weighted by Gasteiger charge is -1.91. The van der Waals surface area contributed by atoms with Crippen LogP contribution in [0, 0.1) is 0 Å². The van der Waals surface area contributed by atoms with Gasteiger partial charge in [0.25, 0.3) is 0 Å². The maximum atomic E-state index is 8.88. The zero-order chi connectivity index (χ0) is 9.61. The van der Waals surface area contributed by atoms with Gasteiger partial charge in [-0.3, -0.25) is 4.99 Å². The smallest absolute Gasteiger partial charge is 0.466 e. The molecule has 0 amide bonds. The third-order valence-corrected chi connectivity index (χ3v) is 0.951. The van der Waals surface area contributed by atoms with E-state index in [1.807, 2.05) is 6.92 Å². The lowest BCUT2D eigenvalue weighted by atomic mass is 10.5. The highest BCUT2D eigenvalue weighted by Gasteiger charge is 2.01. The van der Waals surface area contributed by atoms with Crippen LogP contribution in [-0.2, 0) is 9.30 Å². The lowest BCUT2D eigenvalue weighted by molar-refractivity contribution is 0.275. The minimum atomic E-state index is -4.64. The van der Waals surface area contributed by atoms with Crippen LogP contribution >= 0.6 is 7.82 Å². The Hall–Kier alpha value is -0.420. The van der Waals surface area contributed by atoms with E-state index >= 15 is 0 Å². The van der Waals surface area contributed by atoms with Crippen LogP contribution in [0.4, 0.5) is 0 Å². The molecule has 0 aromatic heterocycles. The van der Waals surface area contributed by atoms with E-state index in [4.69, 9.17) is 24.0 Å². The molecular formula is C5H12NO5P. The van der Waals surface area contributed by atoms with Crippen LogP contribution in [0.1, 0.15) is 13.3 Å². The van der Waals surface area contributed by atoms with E-state index in [1.54, 1.807) is 0 Å². The van der Waals surface area contributed by atoms with Crippen molar-refractivity contribution in [3.05, 3.63) is 0 Å². The zero-order valence-corrected chi connectivity index (χ0v) is 7.57. The lowest BCUT2D eigenvalue weighted by Crippen LogP contribution is -1.94. The van der Waals surface area contributed by atoms with Crippen molar-refractivity contribution in [2.45, 2.75) is 13.3 Å². The van der Waals surface area contributed by atoms with E-state index in [1.165, 1.54) is 0 Å². The summed E-state index contributed by atoms with van der Waals surface area (Å²) in [5, 5.41) is 0. The molecule has 0 saturated heterocycles. The number of hydrogen-bond acceptors (Lipinski definition) is 3. The van der Waals surface area contributed by atoms with Gasteiger partial charge in [-0.1, -0.05) is 6.92 Å². The quantitative estimate of drug-likeness (QED) is 0.509. The molecule has 0 radical (unpaired) electrons. The third kappa shape index (κ3) is 9.58. The van der Waals surface area contributed by atoms with Crippen LogP contribution in [-0.4, -0.2) is 33.7 Å². The van der Waals surface area contributed by atoms with Gasteiger partial charge < -0.3 is 19.4 Å². The molecule has 0 saturated carbocycles. The van der Waals surface area contributed by atoms with Crippen molar-refractivity contribution >= 4 is 13.7 Å². The summed E-state index contributed by atoms with van der Waals surface area (Å²) in [5.74, 6) is 0.917. The average molecular weight is 197 g/mol. The minimum absolute atomic E-state index is 0.795. The van der Waals surface area contributed by atoms with Gasteiger partial charge in [-0.05, 0) is 0 Å². The first-order valence-electron chi connectivity index (χ1n) is 3.38.